The van der Waals surface area contributed by atoms with Gasteiger partial charge in [0, 0.05) is 6.42 Å². The van der Waals surface area contributed by atoms with Gasteiger partial charge in [-0.25, -0.2) is 0 Å². The van der Waals surface area contributed by atoms with Crippen LogP contribution in [0.2, 0.25) is 0 Å². The SMILES string of the molecule is CCCCC/C=C\C/C=C\C/C=C\C/C=C\CCCCCCCC(=O)OC1C(OCC(NC(=O)C(O)CCCCCCCCCCCCCCC/C=C\C/C=C\C/C=C\CCCCC)C(O)/C=C/CCCCCCCCCCCC)OC(CO)C(O)C1O. The maximum atomic E-state index is 13.5. The van der Waals surface area contributed by atoms with Crippen molar-refractivity contribution < 1.29 is 49.3 Å². The summed E-state index contributed by atoms with van der Waals surface area (Å²) in [5.41, 5.74) is 0. The van der Waals surface area contributed by atoms with E-state index in [1.165, 1.54) is 167 Å². The molecule has 8 unspecified atom stereocenters. The third kappa shape index (κ3) is 50.3. The Bertz CT molecular complexity index is 1800. The lowest BCUT2D eigenvalue weighted by atomic mass is 9.99. The second-order valence-electron chi connectivity index (χ2n) is 25.0. The van der Waals surface area contributed by atoms with E-state index >= 15 is 0 Å². The molecule has 0 saturated carbocycles. The molecule has 0 aromatic heterocycles. The Balaban J connectivity index is 2.57. The highest BCUT2D eigenvalue weighted by molar-refractivity contribution is 5.80. The van der Waals surface area contributed by atoms with Crippen molar-refractivity contribution in [3.05, 3.63) is 97.2 Å². The van der Waals surface area contributed by atoms with Gasteiger partial charge >= 0.3 is 5.97 Å². The van der Waals surface area contributed by atoms with Gasteiger partial charge in [-0.15, -0.1) is 0 Å². The van der Waals surface area contributed by atoms with Gasteiger partial charge in [0.05, 0.1) is 25.4 Å². The summed E-state index contributed by atoms with van der Waals surface area (Å²) >= 11 is 0. The molecular formula is C77H135NO10. The maximum Gasteiger partial charge on any atom is 0.306 e. The smallest absolute Gasteiger partial charge is 0.306 e. The van der Waals surface area contributed by atoms with E-state index in [4.69, 9.17) is 14.2 Å². The fourth-order valence-electron chi connectivity index (χ4n) is 10.9. The quantitative estimate of drug-likeness (QED) is 0.0195. The van der Waals surface area contributed by atoms with Crippen LogP contribution < -0.4 is 5.32 Å². The van der Waals surface area contributed by atoms with E-state index in [9.17, 15) is 35.1 Å². The van der Waals surface area contributed by atoms with Crippen LogP contribution in [-0.2, 0) is 23.8 Å². The highest BCUT2D eigenvalue weighted by Crippen LogP contribution is 2.26. The third-order valence-corrected chi connectivity index (χ3v) is 16.7. The first-order valence-corrected chi connectivity index (χ1v) is 36.5. The highest BCUT2D eigenvalue weighted by atomic mass is 16.7. The van der Waals surface area contributed by atoms with E-state index < -0.39 is 67.4 Å². The summed E-state index contributed by atoms with van der Waals surface area (Å²) in [5.74, 6) is -1.21. The van der Waals surface area contributed by atoms with Crippen molar-refractivity contribution >= 4 is 11.9 Å². The summed E-state index contributed by atoms with van der Waals surface area (Å²) in [6, 6.07) is -1.03. The summed E-state index contributed by atoms with van der Waals surface area (Å²) in [6.07, 6.45) is 75.8. The lowest BCUT2D eigenvalue weighted by Crippen LogP contribution is -2.61. The predicted octanol–water partition coefficient (Wildman–Crippen LogP) is 19.0. The topological polar surface area (TPSA) is 175 Å². The first-order chi connectivity index (χ1) is 43.2. The van der Waals surface area contributed by atoms with Crippen LogP contribution in [0.4, 0.5) is 0 Å². The molecule has 88 heavy (non-hydrogen) atoms. The van der Waals surface area contributed by atoms with Crippen molar-refractivity contribution in [1.29, 1.82) is 0 Å². The molecule has 1 rings (SSSR count). The molecule has 11 nitrogen and oxygen atoms in total. The number of carbonyl (C=O) groups excluding carboxylic acids is 2. The number of allylic oxidation sites excluding steroid dienone is 15. The minimum absolute atomic E-state index is 0.0993. The second kappa shape index (κ2) is 63.7. The van der Waals surface area contributed by atoms with Gasteiger partial charge in [0.25, 0.3) is 0 Å². The monoisotopic (exact) mass is 1230 g/mol. The second-order valence-corrected chi connectivity index (χ2v) is 25.0. The summed E-state index contributed by atoms with van der Waals surface area (Å²) in [7, 11) is 0. The summed E-state index contributed by atoms with van der Waals surface area (Å²) < 4.78 is 17.7. The number of unbranched alkanes of at least 4 members (excludes halogenated alkanes) is 34. The van der Waals surface area contributed by atoms with Crippen LogP contribution in [0.15, 0.2) is 97.2 Å². The van der Waals surface area contributed by atoms with Crippen molar-refractivity contribution in [2.75, 3.05) is 13.2 Å². The van der Waals surface area contributed by atoms with E-state index in [1.807, 2.05) is 6.08 Å². The van der Waals surface area contributed by atoms with Crippen molar-refractivity contribution in [1.82, 2.24) is 5.32 Å². The Morgan fingerprint density at radius 1 is 0.443 bits per heavy atom. The molecule has 0 radical (unpaired) electrons. The number of aliphatic hydroxyl groups excluding tert-OH is 5. The molecular weight excluding hydrogens is 1100 g/mol. The van der Waals surface area contributed by atoms with Crippen LogP contribution in [-0.4, -0.2) is 99.6 Å². The van der Waals surface area contributed by atoms with E-state index in [-0.39, 0.29) is 19.4 Å². The summed E-state index contributed by atoms with van der Waals surface area (Å²) in [6.45, 7) is 5.75. The first kappa shape index (κ1) is 82.6. The zero-order valence-corrected chi connectivity index (χ0v) is 56.6. The predicted molar refractivity (Wildman–Crippen MR) is 370 cm³/mol. The average Bonchev–Trinajstić information content (AvgIpc) is 1.36. The van der Waals surface area contributed by atoms with Crippen LogP contribution >= 0.6 is 0 Å². The van der Waals surface area contributed by atoms with Crippen LogP contribution in [0.1, 0.15) is 316 Å². The van der Waals surface area contributed by atoms with Gasteiger partial charge < -0.3 is 45.1 Å². The van der Waals surface area contributed by atoms with Crippen molar-refractivity contribution in [2.24, 2.45) is 0 Å². The lowest BCUT2D eigenvalue weighted by Gasteiger charge is -2.41. The fourth-order valence-corrected chi connectivity index (χ4v) is 10.9. The third-order valence-electron chi connectivity index (χ3n) is 16.7. The molecule has 1 fully saturated rings. The Labute approximate surface area is 539 Å². The molecule has 1 saturated heterocycles. The standard InChI is InChI=1S/C77H135NO10/c1-4-7-10-13-16-19-22-25-27-29-31-33-34-35-36-37-39-40-42-44-46-49-52-55-58-61-64-70(81)76(85)78-68(69(80)63-60-57-54-51-48-24-21-18-15-12-9-6-3)67-86-77-75(74(84)73(83)71(66-79)87-77)88-72(82)65-62-59-56-53-50-47-45-43-41-38-32-30-28-26-23-20-17-14-11-8-5-2/h16-17,19-20,25-28,31-33,38,43,45,60,63,68-71,73-75,77,79-81,83-84H,4-15,18,21-24,29-30,34-37,39-42,44,46-59,61-62,64-67H2,1-3H3,(H,78,85)/b19-16-,20-17-,27-25-,28-26-,33-31-,38-32-,45-43-,63-60+. The molecule has 8 atom stereocenters. The number of hydrogen-bond acceptors (Lipinski definition) is 10. The van der Waals surface area contributed by atoms with Gasteiger partial charge in [0.2, 0.25) is 5.91 Å². The molecule has 1 aliphatic heterocycles. The largest absolute Gasteiger partial charge is 0.454 e. The van der Waals surface area contributed by atoms with Crippen LogP contribution in [0, 0.1) is 0 Å². The maximum absolute atomic E-state index is 13.5. The first-order valence-electron chi connectivity index (χ1n) is 36.5. The Morgan fingerprint density at radius 3 is 1.19 bits per heavy atom. The van der Waals surface area contributed by atoms with Crippen molar-refractivity contribution in [3.63, 3.8) is 0 Å². The Kier molecular flexibility index (Phi) is 59.8. The van der Waals surface area contributed by atoms with Crippen molar-refractivity contribution in [2.45, 2.75) is 365 Å². The zero-order valence-electron chi connectivity index (χ0n) is 56.6. The number of ether oxygens (including phenoxy) is 3. The molecule has 11 heteroatoms. The fraction of sp³-hybridized carbons (Fsp3) is 0.766. The van der Waals surface area contributed by atoms with Gasteiger partial charge in [-0.3, -0.25) is 9.59 Å². The Hall–Kier alpha value is -3.42. The van der Waals surface area contributed by atoms with Gasteiger partial charge in [-0.1, -0.05) is 298 Å². The molecule has 508 valence electrons. The van der Waals surface area contributed by atoms with Gasteiger partial charge in [0.1, 0.15) is 24.4 Å². The summed E-state index contributed by atoms with van der Waals surface area (Å²) in [5, 5.41) is 57.3. The number of rotatable bonds is 62. The Morgan fingerprint density at radius 2 is 0.784 bits per heavy atom. The molecule has 0 aromatic rings. The van der Waals surface area contributed by atoms with Crippen LogP contribution in [0.3, 0.4) is 0 Å². The molecule has 0 spiro atoms. The molecule has 0 aliphatic carbocycles. The number of aliphatic hydroxyl groups is 5. The van der Waals surface area contributed by atoms with Gasteiger partial charge in [-0.2, -0.15) is 0 Å². The number of esters is 1. The van der Waals surface area contributed by atoms with E-state index in [0.29, 0.717) is 12.8 Å². The minimum atomic E-state index is -1.63. The number of nitrogens with one attached hydrogen (secondary N) is 1. The van der Waals surface area contributed by atoms with E-state index in [2.05, 4.69) is 111 Å². The molecule has 6 N–H and O–H groups in total. The number of carbonyl (C=O) groups is 2. The van der Waals surface area contributed by atoms with Crippen LogP contribution in [0.25, 0.3) is 0 Å². The number of hydrogen-bond donors (Lipinski definition) is 6. The minimum Gasteiger partial charge on any atom is -0.454 e. The molecule has 1 amide bonds. The normalized spacial score (nSPS) is 18.8. The molecule has 0 aromatic carbocycles. The zero-order chi connectivity index (χ0) is 63.9. The summed E-state index contributed by atoms with van der Waals surface area (Å²) in [4.78, 5) is 26.7. The molecule has 1 heterocycles. The van der Waals surface area contributed by atoms with E-state index in [1.54, 1.807) is 6.08 Å². The highest BCUT2D eigenvalue weighted by Gasteiger charge is 2.47. The van der Waals surface area contributed by atoms with Crippen LogP contribution in [0.5, 0.6) is 0 Å². The van der Waals surface area contributed by atoms with Gasteiger partial charge in [-0.05, 0) is 109 Å². The number of amides is 1. The average molecular weight is 1230 g/mol. The molecule has 1 aliphatic rings. The molecule has 0 bridgehead atoms. The van der Waals surface area contributed by atoms with Gasteiger partial charge in [0.15, 0.2) is 12.4 Å². The lowest BCUT2D eigenvalue weighted by molar-refractivity contribution is -0.305. The van der Waals surface area contributed by atoms with Crippen molar-refractivity contribution in [3.8, 4) is 0 Å². The van der Waals surface area contributed by atoms with E-state index in [0.717, 1.165) is 103 Å².